The van der Waals surface area contributed by atoms with E-state index >= 15 is 0 Å². The summed E-state index contributed by atoms with van der Waals surface area (Å²) in [6, 6.07) is 10.7. The summed E-state index contributed by atoms with van der Waals surface area (Å²) in [5.41, 5.74) is 1.45. The van der Waals surface area contributed by atoms with Crippen molar-refractivity contribution in [3.8, 4) is 0 Å². The van der Waals surface area contributed by atoms with E-state index in [1.807, 2.05) is 0 Å². The van der Waals surface area contributed by atoms with Gasteiger partial charge in [0.1, 0.15) is 0 Å². The van der Waals surface area contributed by atoms with Gasteiger partial charge in [-0.25, -0.2) is 0 Å². The first-order valence-corrected chi connectivity index (χ1v) is 5.54. The minimum atomic E-state index is 0.747. The van der Waals surface area contributed by atoms with Gasteiger partial charge in [-0.05, 0) is 35.2 Å². The van der Waals surface area contributed by atoms with E-state index in [1.165, 1.54) is 29.3 Å². The van der Waals surface area contributed by atoms with E-state index in [4.69, 9.17) is 0 Å². The van der Waals surface area contributed by atoms with Gasteiger partial charge >= 0.3 is 0 Å². The maximum absolute atomic E-state index is 3.55. The highest BCUT2D eigenvalue weighted by Gasteiger charge is 2.13. The van der Waals surface area contributed by atoms with Crippen LogP contribution in [0.4, 0.5) is 0 Å². The van der Waals surface area contributed by atoms with Gasteiger partial charge in [0.2, 0.25) is 0 Å². The van der Waals surface area contributed by atoms with E-state index in [0.717, 1.165) is 5.92 Å². The van der Waals surface area contributed by atoms with Gasteiger partial charge < -0.3 is 0 Å². The molecule has 68 valence electrons. The van der Waals surface area contributed by atoms with Crippen LogP contribution in [0.3, 0.4) is 0 Å². The van der Waals surface area contributed by atoms with Crippen molar-refractivity contribution in [3.63, 3.8) is 0 Å². The summed E-state index contributed by atoms with van der Waals surface area (Å²) in [5, 5.41) is 0. The van der Waals surface area contributed by atoms with Crippen molar-refractivity contribution < 1.29 is 0 Å². The summed E-state index contributed by atoms with van der Waals surface area (Å²) < 4.78 is 1.38. The molecule has 0 amide bonds. The van der Waals surface area contributed by atoms with Gasteiger partial charge in [0, 0.05) is 0 Å². The molecule has 2 rings (SSSR count). The molecule has 0 saturated heterocycles. The largest absolute Gasteiger partial charge is 0.0709 e. The molecule has 0 radical (unpaired) electrons. The van der Waals surface area contributed by atoms with Crippen molar-refractivity contribution in [2.75, 3.05) is 0 Å². The van der Waals surface area contributed by atoms with Crippen molar-refractivity contribution in [1.29, 1.82) is 0 Å². The molecule has 0 fully saturated rings. The van der Waals surface area contributed by atoms with Crippen LogP contribution in [-0.2, 0) is 6.42 Å². The van der Waals surface area contributed by atoms with Crippen LogP contribution in [0.2, 0.25) is 0 Å². The predicted molar refractivity (Wildman–Crippen MR) is 59.9 cm³/mol. The Morgan fingerprint density at radius 1 is 1.23 bits per heavy atom. The second-order valence-corrected chi connectivity index (χ2v) is 4.62. The van der Waals surface area contributed by atoms with Crippen LogP contribution >= 0.6 is 15.9 Å². The Labute approximate surface area is 87.8 Å². The molecule has 13 heavy (non-hydrogen) atoms. The number of hydrogen-bond donors (Lipinski definition) is 0. The smallest absolute Gasteiger partial charge is 0.00861 e. The molecule has 0 saturated carbocycles. The van der Waals surface area contributed by atoms with E-state index < -0.39 is 0 Å². The van der Waals surface area contributed by atoms with Gasteiger partial charge in [-0.1, -0.05) is 52.3 Å². The molecule has 1 aromatic rings. The molecular formula is C12H13Br. The van der Waals surface area contributed by atoms with Crippen LogP contribution < -0.4 is 0 Å². The Kier molecular flexibility index (Phi) is 2.84. The molecule has 0 heterocycles. The normalized spacial score (nSPS) is 21.6. The Morgan fingerprint density at radius 3 is 2.62 bits per heavy atom. The zero-order valence-electron chi connectivity index (χ0n) is 7.54. The van der Waals surface area contributed by atoms with Crippen molar-refractivity contribution >= 4 is 15.9 Å². The Morgan fingerprint density at radius 2 is 2.00 bits per heavy atom. The maximum Gasteiger partial charge on any atom is -0.00861 e. The molecule has 0 aliphatic heterocycles. The van der Waals surface area contributed by atoms with Crippen molar-refractivity contribution in [2.45, 2.75) is 19.3 Å². The first-order chi connectivity index (χ1) is 6.34. The fourth-order valence-electron chi connectivity index (χ4n) is 1.82. The van der Waals surface area contributed by atoms with E-state index in [2.05, 4.69) is 52.3 Å². The summed E-state index contributed by atoms with van der Waals surface area (Å²) >= 11 is 3.55. The molecular weight excluding hydrogens is 224 g/mol. The zero-order valence-corrected chi connectivity index (χ0v) is 9.13. The van der Waals surface area contributed by atoms with Crippen LogP contribution in [-0.4, -0.2) is 0 Å². The lowest BCUT2D eigenvalue weighted by Gasteiger charge is -2.06. The summed E-state index contributed by atoms with van der Waals surface area (Å²) in [7, 11) is 0. The minimum absolute atomic E-state index is 0.747. The highest BCUT2D eigenvalue weighted by atomic mass is 79.9. The average molecular weight is 237 g/mol. The molecule has 1 heteroatoms. The van der Waals surface area contributed by atoms with Crippen LogP contribution in [0.25, 0.3) is 0 Å². The van der Waals surface area contributed by atoms with Crippen molar-refractivity contribution in [1.82, 2.24) is 0 Å². The number of benzene rings is 1. The van der Waals surface area contributed by atoms with E-state index in [0.29, 0.717) is 0 Å². The van der Waals surface area contributed by atoms with Crippen LogP contribution in [0.5, 0.6) is 0 Å². The number of rotatable bonds is 2. The second-order valence-electron chi connectivity index (χ2n) is 3.60. The highest BCUT2D eigenvalue weighted by Crippen LogP contribution is 2.30. The van der Waals surface area contributed by atoms with Crippen LogP contribution in [0.15, 0.2) is 40.9 Å². The lowest BCUT2D eigenvalue weighted by molar-refractivity contribution is 0.630. The third kappa shape index (κ3) is 2.44. The highest BCUT2D eigenvalue weighted by molar-refractivity contribution is 9.11. The Bertz CT molecular complexity index is 300. The second kappa shape index (κ2) is 4.10. The van der Waals surface area contributed by atoms with Crippen molar-refractivity contribution in [2.24, 2.45) is 5.92 Å². The van der Waals surface area contributed by atoms with Gasteiger partial charge in [-0.2, -0.15) is 0 Å². The number of hydrogen-bond acceptors (Lipinski definition) is 0. The van der Waals surface area contributed by atoms with Crippen LogP contribution in [0, 0.1) is 5.92 Å². The third-order valence-corrected chi connectivity index (χ3v) is 3.17. The fraction of sp³-hybridized carbons (Fsp3) is 0.333. The number of halogens is 1. The average Bonchev–Trinajstić information content (AvgIpc) is 2.53. The van der Waals surface area contributed by atoms with E-state index in [1.54, 1.807) is 0 Å². The fourth-order valence-corrected chi connectivity index (χ4v) is 2.43. The van der Waals surface area contributed by atoms with Crippen LogP contribution in [0.1, 0.15) is 18.4 Å². The summed E-state index contributed by atoms with van der Waals surface area (Å²) in [4.78, 5) is 0. The molecule has 0 N–H and O–H groups in total. The minimum Gasteiger partial charge on any atom is -0.0709 e. The molecule has 1 atom stereocenters. The van der Waals surface area contributed by atoms with Gasteiger partial charge in [0.05, 0.1) is 0 Å². The monoisotopic (exact) mass is 236 g/mol. The third-order valence-electron chi connectivity index (χ3n) is 2.51. The van der Waals surface area contributed by atoms with E-state index in [-0.39, 0.29) is 0 Å². The molecule has 1 unspecified atom stereocenters. The zero-order chi connectivity index (χ0) is 9.10. The van der Waals surface area contributed by atoms with E-state index in [9.17, 15) is 0 Å². The van der Waals surface area contributed by atoms with Crippen molar-refractivity contribution in [3.05, 3.63) is 46.5 Å². The Hall–Kier alpha value is -0.560. The summed E-state index contributed by atoms with van der Waals surface area (Å²) in [6.45, 7) is 0. The number of allylic oxidation sites excluding steroid dienone is 2. The van der Waals surface area contributed by atoms with Gasteiger partial charge in [-0.3, -0.25) is 0 Å². The van der Waals surface area contributed by atoms with Gasteiger partial charge in [0.25, 0.3) is 0 Å². The SMILES string of the molecule is BrC1=CC(Cc2ccccc2)CC1. The maximum atomic E-state index is 3.55. The molecule has 1 aliphatic rings. The van der Waals surface area contributed by atoms with Gasteiger partial charge in [0.15, 0.2) is 0 Å². The Balaban J connectivity index is 2.00. The van der Waals surface area contributed by atoms with Gasteiger partial charge in [-0.15, -0.1) is 0 Å². The molecule has 0 spiro atoms. The predicted octanol–water partition coefficient (Wildman–Crippen LogP) is 3.92. The molecule has 0 bridgehead atoms. The standard InChI is InChI=1S/C12H13Br/c13-12-7-6-11(9-12)8-10-4-2-1-3-5-10/h1-5,9,11H,6-8H2. The molecule has 0 nitrogen and oxygen atoms in total. The lowest BCUT2D eigenvalue weighted by atomic mass is 9.99. The molecule has 1 aromatic carbocycles. The quantitative estimate of drug-likeness (QED) is 0.731. The lowest BCUT2D eigenvalue weighted by Crippen LogP contribution is -1.96. The molecule has 0 aromatic heterocycles. The first kappa shape index (κ1) is 9.01. The topological polar surface area (TPSA) is 0 Å². The molecule has 1 aliphatic carbocycles. The first-order valence-electron chi connectivity index (χ1n) is 4.75. The summed E-state index contributed by atoms with van der Waals surface area (Å²) in [6.07, 6.45) is 6.07. The summed E-state index contributed by atoms with van der Waals surface area (Å²) in [5.74, 6) is 0.747.